The highest BCUT2D eigenvalue weighted by Gasteiger charge is 2.09. The minimum absolute atomic E-state index is 0.167. The fourth-order valence-corrected chi connectivity index (χ4v) is 2.64. The topological polar surface area (TPSA) is 73.0 Å². The molecular formula is C14H12N4O2S. The van der Waals surface area contributed by atoms with Crippen molar-refractivity contribution in [1.82, 2.24) is 9.78 Å². The zero-order valence-electron chi connectivity index (χ0n) is 11.0. The molecule has 2 heterocycles. The Kier molecular flexibility index (Phi) is 3.65. The summed E-state index contributed by atoms with van der Waals surface area (Å²) in [5.41, 5.74) is 2.85. The SMILES string of the molecule is O=[N+]([O-])c1cc(CNc2ccc(-n3cccn3)cc2)cs1. The number of benzene rings is 1. The molecule has 0 unspecified atom stereocenters. The number of anilines is 1. The van der Waals surface area contributed by atoms with Crippen LogP contribution in [0.25, 0.3) is 5.69 Å². The molecule has 0 atom stereocenters. The van der Waals surface area contributed by atoms with Crippen molar-refractivity contribution in [2.24, 2.45) is 0 Å². The first-order chi connectivity index (χ1) is 10.2. The van der Waals surface area contributed by atoms with Crippen molar-refractivity contribution in [1.29, 1.82) is 0 Å². The first-order valence-electron chi connectivity index (χ1n) is 6.28. The standard InChI is InChI=1S/C14H12N4O2S/c19-18(20)14-8-11(10-21-14)9-15-12-2-4-13(5-3-12)17-7-1-6-16-17/h1-8,10,15H,9H2. The highest BCUT2D eigenvalue weighted by molar-refractivity contribution is 7.13. The number of nitrogens with one attached hydrogen (secondary N) is 1. The Bertz CT molecular complexity index is 735. The maximum Gasteiger partial charge on any atom is 0.324 e. The van der Waals surface area contributed by atoms with Gasteiger partial charge < -0.3 is 5.32 Å². The quantitative estimate of drug-likeness (QED) is 0.578. The Labute approximate surface area is 124 Å². The van der Waals surface area contributed by atoms with Gasteiger partial charge in [0, 0.05) is 36.1 Å². The Morgan fingerprint density at radius 2 is 2.14 bits per heavy atom. The van der Waals surface area contributed by atoms with Gasteiger partial charge in [0.1, 0.15) is 0 Å². The molecule has 3 rings (SSSR count). The van der Waals surface area contributed by atoms with Crippen LogP contribution in [-0.2, 0) is 6.54 Å². The van der Waals surface area contributed by atoms with Crippen LogP contribution in [0, 0.1) is 10.1 Å². The van der Waals surface area contributed by atoms with E-state index in [9.17, 15) is 10.1 Å². The summed E-state index contributed by atoms with van der Waals surface area (Å²) in [4.78, 5) is 10.3. The Morgan fingerprint density at radius 3 is 2.76 bits per heavy atom. The molecule has 1 N–H and O–H groups in total. The van der Waals surface area contributed by atoms with E-state index in [1.165, 1.54) is 0 Å². The van der Waals surface area contributed by atoms with Gasteiger partial charge in [0.2, 0.25) is 0 Å². The van der Waals surface area contributed by atoms with Crippen LogP contribution in [0.3, 0.4) is 0 Å². The van der Waals surface area contributed by atoms with E-state index < -0.39 is 0 Å². The summed E-state index contributed by atoms with van der Waals surface area (Å²) in [5.74, 6) is 0. The van der Waals surface area contributed by atoms with E-state index in [0.717, 1.165) is 28.3 Å². The molecule has 21 heavy (non-hydrogen) atoms. The molecule has 0 aliphatic rings. The molecule has 6 nitrogen and oxygen atoms in total. The lowest BCUT2D eigenvalue weighted by molar-refractivity contribution is -0.380. The second-order valence-corrected chi connectivity index (χ2v) is 5.29. The zero-order chi connectivity index (χ0) is 14.7. The molecule has 2 aromatic heterocycles. The second kappa shape index (κ2) is 5.76. The molecule has 0 spiro atoms. The van der Waals surface area contributed by atoms with Gasteiger partial charge in [0.15, 0.2) is 0 Å². The molecule has 0 aliphatic carbocycles. The maximum absolute atomic E-state index is 10.6. The summed E-state index contributed by atoms with van der Waals surface area (Å²) >= 11 is 1.14. The van der Waals surface area contributed by atoms with Crippen molar-refractivity contribution in [3.8, 4) is 5.69 Å². The van der Waals surface area contributed by atoms with Crippen molar-refractivity contribution >= 4 is 22.0 Å². The van der Waals surface area contributed by atoms with Crippen molar-refractivity contribution in [3.05, 3.63) is 69.8 Å². The number of thiophene rings is 1. The van der Waals surface area contributed by atoms with E-state index >= 15 is 0 Å². The highest BCUT2D eigenvalue weighted by atomic mass is 32.1. The third-order valence-corrected chi connectivity index (χ3v) is 3.88. The summed E-state index contributed by atoms with van der Waals surface area (Å²) in [7, 11) is 0. The van der Waals surface area contributed by atoms with Gasteiger partial charge in [-0.15, -0.1) is 0 Å². The molecule has 0 amide bonds. The molecule has 1 aromatic carbocycles. The Hall–Kier alpha value is -2.67. The summed E-state index contributed by atoms with van der Waals surface area (Å²) in [6.45, 7) is 0.561. The normalized spacial score (nSPS) is 10.5. The van der Waals surface area contributed by atoms with Crippen molar-refractivity contribution in [2.75, 3.05) is 5.32 Å². The fraction of sp³-hybridized carbons (Fsp3) is 0.0714. The van der Waals surface area contributed by atoms with Gasteiger partial charge in [-0.3, -0.25) is 10.1 Å². The van der Waals surface area contributed by atoms with Crippen molar-refractivity contribution in [2.45, 2.75) is 6.54 Å². The number of hydrogen-bond donors (Lipinski definition) is 1. The molecular weight excluding hydrogens is 288 g/mol. The predicted octanol–water partition coefficient (Wildman–Crippen LogP) is 3.45. The molecule has 0 saturated heterocycles. The van der Waals surface area contributed by atoms with Gasteiger partial charge in [-0.05, 0) is 35.9 Å². The van der Waals surface area contributed by atoms with Crippen LogP contribution in [0.1, 0.15) is 5.56 Å². The third kappa shape index (κ3) is 3.09. The van der Waals surface area contributed by atoms with Crippen LogP contribution < -0.4 is 5.32 Å². The van der Waals surface area contributed by atoms with Gasteiger partial charge >= 0.3 is 5.00 Å². The Morgan fingerprint density at radius 1 is 1.33 bits per heavy atom. The lowest BCUT2D eigenvalue weighted by Crippen LogP contribution is -1.99. The number of rotatable bonds is 5. The van der Waals surface area contributed by atoms with Crippen LogP contribution in [0.5, 0.6) is 0 Å². The highest BCUT2D eigenvalue weighted by Crippen LogP contribution is 2.23. The van der Waals surface area contributed by atoms with E-state index in [0.29, 0.717) is 6.54 Å². The minimum atomic E-state index is -0.368. The lowest BCUT2D eigenvalue weighted by Gasteiger charge is -2.06. The van der Waals surface area contributed by atoms with Gasteiger partial charge in [-0.1, -0.05) is 11.3 Å². The van der Waals surface area contributed by atoms with Gasteiger partial charge in [0.05, 0.1) is 10.6 Å². The number of aromatic nitrogens is 2. The smallest absolute Gasteiger partial charge is 0.324 e. The number of hydrogen-bond acceptors (Lipinski definition) is 5. The van der Waals surface area contributed by atoms with Crippen molar-refractivity contribution < 1.29 is 4.92 Å². The molecule has 0 fully saturated rings. The van der Waals surface area contributed by atoms with Crippen LogP contribution in [-0.4, -0.2) is 14.7 Å². The van der Waals surface area contributed by atoms with Crippen LogP contribution in [0.15, 0.2) is 54.2 Å². The average Bonchev–Trinajstić information content (AvgIpc) is 3.17. The summed E-state index contributed by atoms with van der Waals surface area (Å²) in [6, 6.07) is 11.3. The lowest BCUT2D eigenvalue weighted by atomic mass is 10.2. The molecule has 0 saturated carbocycles. The third-order valence-electron chi connectivity index (χ3n) is 2.95. The van der Waals surface area contributed by atoms with E-state index in [2.05, 4.69) is 10.4 Å². The average molecular weight is 300 g/mol. The second-order valence-electron chi connectivity index (χ2n) is 4.40. The molecule has 0 radical (unpaired) electrons. The summed E-state index contributed by atoms with van der Waals surface area (Å²) in [5, 5.41) is 20.0. The summed E-state index contributed by atoms with van der Waals surface area (Å²) in [6.07, 6.45) is 3.61. The fourth-order valence-electron chi connectivity index (χ4n) is 1.91. The first-order valence-corrected chi connectivity index (χ1v) is 7.16. The largest absolute Gasteiger partial charge is 0.381 e. The molecule has 0 aliphatic heterocycles. The van der Waals surface area contributed by atoms with Gasteiger partial charge in [0.25, 0.3) is 0 Å². The molecule has 7 heteroatoms. The van der Waals surface area contributed by atoms with Gasteiger partial charge in [-0.25, -0.2) is 4.68 Å². The summed E-state index contributed by atoms with van der Waals surface area (Å²) < 4.78 is 1.78. The number of nitro groups is 1. The molecule has 3 aromatic rings. The maximum atomic E-state index is 10.6. The van der Waals surface area contributed by atoms with E-state index in [1.807, 2.05) is 36.5 Å². The van der Waals surface area contributed by atoms with E-state index in [-0.39, 0.29) is 9.92 Å². The predicted molar refractivity (Wildman–Crippen MR) is 81.9 cm³/mol. The van der Waals surface area contributed by atoms with Crippen molar-refractivity contribution in [3.63, 3.8) is 0 Å². The zero-order valence-corrected chi connectivity index (χ0v) is 11.8. The Balaban J connectivity index is 1.64. The molecule has 106 valence electrons. The number of nitrogens with zero attached hydrogens (tertiary/aromatic N) is 3. The van der Waals surface area contributed by atoms with E-state index in [1.54, 1.807) is 22.3 Å². The molecule has 0 bridgehead atoms. The van der Waals surface area contributed by atoms with Gasteiger partial charge in [-0.2, -0.15) is 5.10 Å². The van der Waals surface area contributed by atoms with Crippen LogP contribution in [0.2, 0.25) is 0 Å². The monoisotopic (exact) mass is 300 g/mol. The first kappa shape index (κ1) is 13.3. The van der Waals surface area contributed by atoms with Crippen LogP contribution >= 0.6 is 11.3 Å². The van der Waals surface area contributed by atoms with E-state index in [4.69, 9.17) is 0 Å². The minimum Gasteiger partial charge on any atom is -0.381 e. The van der Waals surface area contributed by atoms with Crippen LogP contribution in [0.4, 0.5) is 10.7 Å².